The van der Waals surface area contributed by atoms with E-state index in [1.807, 2.05) is 49.7 Å². The van der Waals surface area contributed by atoms with Gasteiger partial charge in [0.1, 0.15) is 34.9 Å². The first-order valence-corrected chi connectivity index (χ1v) is 21.9. The molecule has 0 spiro atoms. The number of carbonyl (C=O) groups excluding carboxylic acids is 4. The number of amides is 1. The number of Topliss-reactive ketones (excluding diaryl/α,β-unsaturated/α-hetero) is 2. The number of pyridine rings is 1. The molecule has 0 radical (unpaired) electrons. The summed E-state index contributed by atoms with van der Waals surface area (Å²) < 4.78 is 33.4. The number of aromatic nitrogens is 3. The fourth-order valence-corrected chi connectivity index (χ4v) is 9.76. The minimum Gasteiger partial charge on any atom is -0.457 e. The lowest BCUT2D eigenvalue weighted by Crippen LogP contribution is -2.60. The lowest BCUT2D eigenvalue weighted by molar-refractivity contribution is -0.295. The number of aliphatic hydroxyl groups excluding tert-OH is 1. The zero-order valence-electron chi connectivity index (χ0n) is 37.6. The Hall–Kier alpha value is -3.73. The molecular weight excluding hydrogens is 806 g/mol. The number of hydrogen-bond acceptors (Lipinski definition) is 13. The van der Waals surface area contributed by atoms with Gasteiger partial charge in [0.2, 0.25) is 0 Å². The fourth-order valence-electron chi connectivity index (χ4n) is 9.65. The molecule has 1 N–H and O–H groups in total. The normalized spacial score (nSPS) is 35.4. The number of nitrogens with zero attached hydrogens (tertiary/aromatic N) is 5. The Bertz CT molecular complexity index is 1890. The molecule has 16 heteroatoms. The average molecular weight is 873 g/mol. The van der Waals surface area contributed by atoms with Crippen molar-refractivity contribution in [3.63, 3.8) is 0 Å². The summed E-state index contributed by atoms with van der Waals surface area (Å²) >= 11 is 5.98. The topological polar surface area (TPSA) is 172 Å². The summed E-state index contributed by atoms with van der Waals surface area (Å²) in [5.41, 5.74) is -1.30. The van der Waals surface area contributed by atoms with Gasteiger partial charge in [0, 0.05) is 62.0 Å². The molecule has 0 bridgehead atoms. The van der Waals surface area contributed by atoms with Crippen LogP contribution in [0.25, 0.3) is 11.3 Å². The molecule has 61 heavy (non-hydrogen) atoms. The van der Waals surface area contributed by atoms with Crippen LogP contribution in [0, 0.1) is 30.6 Å². The van der Waals surface area contributed by atoms with E-state index in [-0.39, 0.29) is 37.3 Å². The van der Waals surface area contributed by atoms with E-state index in [4.69, 9.17) is 40.3 Å². The number of esters is 1. The molecule has 5 rings (SSSR count). The smallest absolute Gasteiger partial charge is 0.411 e. The first-order valence-electron chi connectivity index (χ1n) is 21.5. The van der Waals surface area contributed by atoms with Gasteiger partial charge < -0.3 is 38.3 Å². The maximum Gasteiger partial charge on any atom is 0.411 e. The number of ketones is 2. The molecule has 13 atom stereocenters. The minimum atomic E-state index is -1.61. The summed E-state index contributed by atoms with van der Waals surface area (Å²) in [6.07, 6.45) is 1.89. The van der Waals surface area contributed by atoms with Crippen molar-refractivity contribution in [2.45, 2.75) is 148 Å². The lowest BCUT2D eigenvalue weighted by Gasteiger charge is -2.47. The number of halogens is 1. The van der Waals surface area contributed by atoms with Crippen molar-refractivity contribution >= 4 is 35.2 Å². The highest BCUT2D eigenvalue weighted by Gasteiger charge is 2.61. The van der Waals surface area contributed by atoms with Crippen LogP contribution in [-0.4, -0.2) is 135 Å². The van der Waals surface area contributed by atoms with Gasteiger partial charge in [0.25, 0.3) is 0 Å². The summed E-state index contributed by atoms with van der Waals surface area (Å²) in [4.78, 5) is 69.7. The number of fused-ring (bicyclic) bond motifs is 1. The molecule has 2 aromatic rings. The predicted molar refractivity (Wildman–Crippen MR) is 229 cm³/mol. The Morgan fingerprint density at radius 2 is 1.75 bits per heavy atom. The van der Waals surface area contributed by atoms with Crippen LogP contribution in [0.3, 0.4) is 0 Å². The van der Waals surface area contributed by atoms with Gasteiger partial charge in [0.05, 0.1) is 29.5 Å². The van der Waals surface area contributed by atoms with Crippen molar-refractivity contribution in [2.24, 2.45) is 23.7 Å². The molecule has 3 aliphatic rings. The first kappa shape index (κ1) is 48.3. The van der Waals surface area contributed by atoms with Crippen LogP contribution in [-0.2, 0) is 44.6 Å². The third kappa shape index (κ3) is 9.92. The average Bonchev–Trinajstić information content (AvgIpc) is 3.75. The van der Waals surface area contributed by atoms with Crippen molar-refractivity contribution in [1.82, 2.24) is 24.3 Å². The number of ether oxygens (including phenoxy) is 5. The zero-order chi connectivity index (χ0) is 45.1. The third-order valence-corrected chi connectivity index (χ3v) is 13.4. The molecule has 0 aliphatic carbocycles. The number of hydrogen-bond donors (Lipinski definition) is 1. The molecule has 1 unspecified atom stereocenters. The predicted octanol–water partition coefficient (Wildman–Crippen LogP) is 6.06. The van der Waals surface area contributed by atoms with Gasteiger partial charge in [-0.2, -0.15) is 0 Å². The number of aliphatic hydroxyl groups is 1. The largest absolute Gasteiger partial charge is 0.457 e. The Morgan fingerprint density at radius 3 is 2.36 bits per heavy atom. The van der Waals surface area contributed by atoms with Gasteiger partial charge in [-0.1, -0.05) is 45.9 Å². The molecule has 3 aliphatic heterocycles. The van der Waals surface area contributed by atoms with Gasteiger partial charge in [-0.15, -0.1) is 0 Å². The molecule has 5 heterocycles. The second-order valence-electron chi connectivity index (χ2n) is 17.7. The van der Waals surface area contributed by atoms with Crippen LogP contribution < -0.4 is 0 Å². The van der Waals surface area contributed by atoms with E-state index in [0.717, 1.165) is 17.1 Å². The van der Waals surface area contributed by atoms with E-state index in [1.54, 1.807) is 51.8 Å². The van der Waals surface area contributed by atoms with Crippen molar-refractivity contribution < 1.29 is 48.0 Å². The molecule has 0 aromatic carbocycles. The minimum absolute atomic E-state index is 0.0986. The van der Waals surface area contributed by atoms with Crippen LogP contribution in [0.15, 0.2) is 37.2 Å². The van der Waals surface area contributed by atoms with Gasteiger partial charge in [-0.25, -0.2) is 14.8 Å². The summed E-state index contributed by atoms with van der Waals surface area (Å²) in [5, 5.41) is 11.9. The molecule has 3 fully saturated rings. The summed E-state index contributed by atoms with van der Waals surface area (Å²) in [6.45, 7) is 19.0. The Morgan fingerprint density at radius 1 is 1.07 bits per heavy atom. The van der Waals surface area contributed by atoms with Crippen LogP contribution in [0.2, 0.25) is 5.15 Å². The van der Waals surface area contributed by atoms with E-state index in [1.165, 1.54) is 20.1 Å². The summed E-state index contributed by atoms with van der Waals surface area (Å²) in [7, 11) is 5.22. The first-order chi connectivity index (χ1) is 28.7. The quantitative estimate of drug-likeness (QED) is 0.0860. The second-order valence-corrected chi connectivity index (χ2v) is 18.1. The van der Waals surface area contributed by atoms with E-state index < -0.39 is 83.4 Å². The Labute approximate surface area is 365 Å². The van der Waals surface area contributed by atoms with Crippen LogP contribution in [0.5, 0.6) is 0 Å². The number of methoxy groups -OCH3 is 1. The third-order valence-electron chi connectivity index (χ3n) is 13.2. The van der Waals surface area contributed by atoms with E-state index >= 15 is 0 Å². The van der Waals surface area contributed by atoms with E-state index in [9.17, 15) is 24.3 Å². The Kier molecular flexibility index (Phi) is 15.6. The van der Waals surface area contributed by atoms with Crippen LogP contribution in [0.1, 0.15) is 86.4 Å². The zero-order valence-corrected chi connectivity index (χ0v) is 38.4. The molecule has 2 aromatic heterocycles. The number of unbranched alkanes of at least 4 members (excludes halogenated alkanes) is 1. The van der Waals surface area contributed by atoms with Crippen molar-refractivity contribution in [1.29, 1.82) is 0 Å². The highest BCUT2D eigenvalue weighted by molar-refractivity contribution is 6.29. The molecule has 338 valence electrons. The maximum absolute atomic E-state index is 14.8. The number of likely N-dealkylation sites (N-methyl/N-ethyl adjacent to an activating group) is 1. The number of rotatable bonds is 12. The maximum atomic E-state index is 14.8. The van der Waals surface area contributed by atoms with Gasteiger partial charge in [-0.3, -0.25) is 19.3 Å². The van der Waals surface area contributed by atoms with Gasteiger partial charge in [-0.05, 0) is 92.1 Å². The monoisotopic (exact) mass is 871 g/mol. The van der Waals surface area contributed by atoms with Crippen LogP contribution >= 0.6 is 11.6 Å². The number of imidazole rings is 1. The molecule has 15 nitrogen and oxygen atoms in total. The van der Waals surface area contributed by atoms with Crippen molar-refractivity contribution in [2.75, 3.05) is 27.7 Å². The molecular formula is C45H66ClN5O10. The fraction of sp³-hybridized carbons (Fsp3) is 0.689. The number of aryl methyl sites for hydroxylation is 2. The number of cyclic esters (lactones) is 1. The summed E-state index contributed by atoms with van der Waals surface area (Å²) in [6, 6.07) is 2.38. The van der Waals surface area contributed by atoms with E-state index in [0.29, 0.717) is 31.0 Å². The molecule has 1 amide bonds. The van der Waals surface area contributed by atoms with Gasteiger partial charge >= 0.3 is 12.1 Å². The van der Waals surface area contributed by atoms with Gasteiger partial charge in [0.15, 0.2) is 17.7 Å². The molecule has 3 saturated heterocycles. The second kappa shape index (κ2) is 19.8. The number of carbonyl (C=O) groups is 4. The highest BCUT2D eigenvalue weighted by atomic mass is 35.5. The SMILES string of the molecule is C=C[C@]12OC(=O)N(CCCCn3cc(-c4ccc(Cl)nc4)nc3C)[C@@H]1[C@@H](C)C(=O)[C@H](C)C[C@](C)(OC)[C@H](OC1O[C@H](C)C[C@H](N(C)C)[C@H]1O)[C@@H](C)C(=O)[C@@H](C)C(=O)O[C@@H]2CC. The highest BCUT2D eigenvalue weighted by Crippen LogP contribution is 2.44. The van der Waals surface area contributed by atoms with E-state index in [2.05, 4.69) is 11.6 Å². The molecule has 0 saturated carbocycles. The lowest BCUT2D eigenvalue weighted by atomic mass is 9.72. The summed E-state index contributed by atoms with van der Waals surface area (Å²) in [5.74, 6) is -4.44. The standard InChI is InChI=1S/C45H66ClN5O10/c1-13-34-45(14-2)39(51(43(56)61-45)20-16-15-19-50-24-32(48-30(50)8)31-17-18-35(46)47-23-31)27(5)36(52)25(3)22-44(9,57-12)40(28(6)37(53)29(7)41(55)59-34)60-42-38(54)33(49(10)11)21-26(4)58-42/h14,17-18,23-29,33-34,38-40,42,54H,2,13,15-16,19-22H2,1,3-12H3/t25-,26-,27+,28+,29-,33+,34-,38-,39-,40-,42?,44+,45-/m1/s1. The van der Waals surface area contributed by atoms with Crippen molar-refractivity contribution in [3.8, 4) is 11.3 Å². The van der Waals surface area contributed by atoms with Crippen LogP contribution in [0.4, 0.5) is 4.79 Å². The van der Waals surface area contributed by atoms with Crippen molar-refractivity contribution in [3.05, 3.63) is 48.2 Å². The Balaban J connectivity index is 1.46.